The summed E-state index contributed by atoms with van der Waals surface area (Å²) in [7, 11) is 0. The van der Waals surface area contributed by atoms with Crippen molar-refractivity contribution in [1.29, 1.82) is 0 Å². The van der Waals surface area contributed by atoms with Crippen LogP contribution >= 0.6 is 0 Å². The van der Waals surface area contributed by atoms with Gasteiger partial charge in [0.15, 0.2) is 11.5 Å². The standard InChI is InChI=1S/C16H11FN2O4/c17-10-2-4-14-18-16(11(6-15(20)21)19(14)7-10)9-1-3-12-13(5-9)23-8-22-12/h1-5,7H,6,8H2,(H,20,21). The monoisotopic (exact) mass is 314 g/mol. The Morgan fingerprint density at radius 3 is 2.91 bits per heavy atom. The number of carboxylic acids is 1. The van der Waals surface area contributed by atoms with Crippen molar-refractivity contribution in [3.63, 3.8) is 0 Å². The number of halogens is 1. The van der Waals surface area contributed by atoms with Crippen LogP contribution < -0.4 is 9.47 Å². The zero-order valence-corrected chi connectivity index (χ0v) is 11.8. The summed E-state index contributed by atoms with van der Waals surface area (Å²) >= 11 is 0. The molecule has 4 rings (SSSR count). The molecule has 0 bridgehead atoms. The number of aromatic nitrogens is 2. The number of hydrogen-bond donors (Lipinski definition) is 1. The summed E-state index contributed by atoms with van der Waals surface area (Å²) in [6.07, 6.45) is 0.964. The molecule has 0 saturated heterocycles. The quantitative estimate of drug-likeness (QED) is 0.804. The number of aliphatic carboxylic acids is 1. The lowest BCUT2D eigenvalue weighted by Gasteiger charge is -2.04. The average molecular weight is 314 g/mol. The fourth-order valence-electron chi connectivity index (χ4n) is 2.65. The number of benzene rings is 1. The molecule has 116 valence electrons. The highest BCUT2D eigenvalue weighted by atomic mass is 19.1. The zero-order chi connectivity index (χ0) is 16.0. The molecule has 0 fully saturated rings. The maximum absolute atomic E-state index is 13.5. The molecule has 6 nitrogen and oxygen atoms in total. The van der Waals surface area contributed by atoms with Crippen LogP contribution in [0.3, 0.4) is 0 Å². The normalized spacial score (nSPS) is 12.7. The third kappa shape index (κ3) is 2.26. The smallest absolute Gasteiger partial charge is 0.309 e. The summed E-state index contributed by atoms with van der Waals surface area (Å²) in [5.74, 6) is -0.271. The van der Waals surface area contributed by atoms with E-state index < -0.39 is 11.8 Å². The molecule has 7 heteroatoms. The van der Waals surface area contributed by atoms with Crippen molar-refractivity contribution < 1.29 is 23.8 Å². The van der Waals surface area contributed by atoms with Gasteiger partial charge in [0.05, 0.1) is 17.8 Å². The van der Waals surface area contributed by atoms with E-state index >= 15 is 0 Å². The summed E-state index contributed by atoms with van der Waals surface area (Å²) < 4.78 is 25.6. The number of fused-ring (bicyclic) bond motifs is 2. The first-order valence-corrected chi connectivity index (χ1v) is 6.90. The topological polar surface area (TPSA) is 73.1 Å². The van der Waals surface area contributed by atoms with Gasteiger partial charge < -0.3 is 14.6 Å². The molecule has 3 heterocycles. The molecule has 0 radical (unpaired) electrons. The summed E-state index contributed by atoms with van der Waals surface area (Å²) in [6.45, 7) is 0.150. The molecule has 0 spiro atoms. The van der Waals surface area contributed by atoms with E-state index in [0.717, 1.165) is 0 Å². The lowest BCUT2D eigenvalue weighted by atomic mass is 10.1. The molecular weight excluding hydrogens is 303 g/mol. The number of carboxylic acid groups (broad SMARTS) is 1. The van der Waals surface area contributed by atoms with Crippen molar-refractivity contribution in [2.24, 2.45) is 0 Å². The van der Waals surface area contributed by atoms with Crippen molar-refractivity contribution in [2.45, 2.75) is 6.42 Å². The van der Waals surface area contributed by atoms with E-state index in [1.807, 2.05) is 0 Å². The molecule has 1 aliphatic heterocycles. The van der Waals surface area contributed by atoms with Gasteiger partial charge in [-0.05, 0) is 30.3 Å². The fraction of sp³-hybridized carbons (Fsp3) is 0.125. The maximum atomic E-state index is 13.5. The molecule has 0 atom stereocenters. The van der Waals surface area contributed by atoms with Crippen LogP contribution in [-0.4, -0.2) is 27.3 Å². The van der Waals surface area contributed by atoms with Crippen LogP contribution in [-0.2, 0) is 11.2 Å². The second kappa shape index (κ2) is 4.98. The summed E-state index contributed by atoms with van der Waals surface area (Å²) in [5, 5.41) is 9.16. The predicted molar refractivity (Wildman–Crippen MR) is 78.0 cm³/mol. The summed E-state index contributed by atoms with van der Waals surface area (Å²) in [5.41, 5.74) is 2.06. The third-order valence-electron chi connectivity index (χ3n) is 3.65. The van der Waals surface area contributed by atoms with Gasteiger partial charge in [-0.3, -0.25) is 9.20 Å². The summed E-state index contributed by atoms with van der Waals surface area (Å²) in [6, 6.07) is 8.06. The first-order chi connectivity index (χ1) is 11.1. The van der Waals surface area contributed by atoms with E-state index in [1.54, 1.807) is 18.2 Å². The molecule has 1 aromatic carbocycles. The van der Waals surface area contributed by atoms with Gasteiger partial charge in [-0.15, -0.1) is 0 Å². The van der Waals surface area contributed by atoms with Crippen LogP contribution in [0, 0.1) is 5.82 Å². The second-order valence-corrected chi connectivity index (χ2v) is 5.12. The first-order valence-electron chi connectivity index (χ1n) is 6.90. The van der Waals surface area contributed by atoms with Crippen molar-refractivity contribution in [1.82, 2.24) is 9.38 Å². The summed E-state index contributed by atoms with van der Waals surface area (Å²) in [4.78, 5) is 15.6. The Morgan fingerprint density at radius 2 is 2.09 bits per heavy atom. The lowest BCUT2D eigenvalue weighted by molar-refractivity contribution is -0.136. The predicted octanol–water partition coefficient (Wildman–Crippen LogP) is 2.50. The molecular formula is C16H11FN2O4. The van der Waals surface area contributed by atoms with Crippen LogP contribution in [0.1, 0.15) is 5.69 Å². The maximum Gasteiger partial charge on any atom is 0.309 e. The van der Waals surface area contributed by atoms with Crippen molar-refractivity contribution >= 4 is 11.6 Å². The molecule has 1 N–H and O–H groups in total. The SMILES string of the molecule is O=C(O)Cc1c(-c2ccc3c(c2)OCO3)nc2ccc(F)cn12. The van der Waals surface area contributed by atoms with Crippen LogP contribution in [0.5, 0.6) is 11.5 Å². The van der Waals surface area contributed by atoms with E-state index in [4.69, 9.17) is 14.6 Å². The number of imidazole rings is 1. The Morgan fingerprint density at radius 1 is 1.26 bits per heavy atom. The van der Waals surface area contributed by atoms with Crippen LogP contribution in [0.2, 0.25) is 0 Å². The van der Waals surface area contributed by atoms with Gasteiger partial charge in [0.25, 0.3) is 0 Å². The highest BCUT2D eigenvalue weighted by Crippen LogP contribution is 2.36. The van der Waals surface area contributed by atoms with Gasteiger partial charge in [-0.1, -0.05) is 0 Å². The van der Waals surface area contributed by atoms with Crippen LogP contribution in [0.15, 0.2) is 36.5 Å². The van der Waals surface area contributed by atoms with Gasteiger partial charge in [0.1, 0.15) is 11.5 Å². The van der Waals surface area contributed by atoms with Gasteiger partial charge in [0.2, 0.25) is 6.79 Å². The van der Waals surface area contributed by atoms with E-state index in [-0.39, 0.29) is 13.2 Å². The molecule has 23 heavy (non-hydrogen) atoms. The zero-order valence-electron chi connectivity index (χ0n) is 11.8. The molecule has 3 aromatic rings. The Balaban J connectivity index is 1.93. The second-order valence-electron chi connectivity index (χ2n) is 5.12. The van der Waals surface area contributed by atoms with Crippen LogP contribution in [0.25, 0.3) is 16.9 Å². The minimum absolute atomic E-state index is 0.150. The largest absolute Gasteiger partial charge is 0.481 e. The van der Waals surface area contributed by atoms with E-state index in [0.29, 0.717) is 34.1 Å². The number of rotatable bonds is 3. The van der Waals surface area contributed by atoms with Crippen molar-refractivity contribution in [3.05, 3.63) is 48.0 Å². The first kappa shape index (κ1) is 13.6. The Kier molecular flexibility index (Phi) is 2.94. The molecule has 1 aliphatic rings. The lowest BCUT2D eigenvalue weighted by Crippen LogP contribution is -2.05. The Hall–Kier alpha value is -3.09. The number of nitrogens with zero attached hydrogens (tertiary/aromatic N) is 2. The van der Waals surface area contributed by atoms with Gasteiger partial charge >= 0.3 is 5.97 Å². The highest BCUT2D eigenvalue weighted by Gasteiger charge is 2.20. The number of carbonyl (C=O) groups is 1. The molecule has 0 saturated carbocycles. The Bertz CT molecular complexity index is 935. The van der Waals surface area contributed by atoms with E-state index in [2.05, 4.69) is 4.98 Å². The third-order valence-corrected chi connectivity index (χ3v) is 3.65. The minimum atomic E-state index is -1.02. The minimum Gasteiger partial charge on any atom is -0.481 e. The van der Waals surface area contributed by atoms with Crippen LogP contribution in [0.4, 0.5) is 4.39 Å². The van der Waals surface area contributed by atoms with Crippen molar-refractivity contribution in [2.75, 3.05) is 6.79 Å². The Labute approximate surface area is 129 Å². The molecule has 0 amide bonds. The van der Waals surface area contributed by atoms with Gasteiger partial charge in [-0.25, -0.2) is 9.37 Å². The van der Waals surface area contributed by atoms with E-state index in [1.165, 1.54) is 22.7 Å². The van der Waals surface area contributed by atoms with Crippen molar-refractivity contribution in [3.8, 4) is 22.8 Å². The van der Waals surface area contributed by atoms with E-state index in [9.17, 15) is 9.18 Å². The molecule has 0 unspecified atom stereocenters. The average Bonchev–Trinajstić information content (AvgIpc) is 3.11. The number of pyridine rings is 1. The molecule has 0 aliphatic carbocycles. The molecule has 2 aromatic heterocycles. The van der Waals surface area contributed by atoms with Gasteiger partial charge in [0, 0.05) is 11.8 Å². The fourth-order valence-corrected chi connectivity index (χ4v) is 2.65. The van der Waals surface area contributed by atoms with Gasteiger partial charge in [-0.2, -0.15) is 0 Å². The number of ether oxygens (including phenoxy) is 2. The number of hydrogen-bond acceptors (Lipinski definition) is 4. The highest BCUT2D eigenvalue weighted by molar-refractivity contribution is 5.77.